The number of aromatic nitrogens is 2. The molecule has 0 spiro atoms. The molecule has 1 saturated carbocycles. The maximum atomic E-state index is 13.0. The van der Waals surface area contributed by atoms with Crippen molar-refractivity contribution < 1.29 is 61.6 Å². The van der Waals surface area contributed by atoms with Crippen LogP contribution in [0.2, 0.25) is 0 Å². The summed E-state index contributed by atoms with van der Waals surface area (Å²) < 4.78 is 53.7. The SMILES string of the molecule is CC.CC.CC.CCl.COC(COP(=O)(OCOC(=O)OC(C)C)OCOC(=O)OC(C)C)C[C@H](C)n1ccc(=O)[nH]c1=O.OC1(O)CCCC1. The van der Waals surface area contributed by atoms with Crippen LogP contribution in [0.5, 0.6) is 0 Å². The highest BCUT2D eigenvalue weighted by Crippen LogP contribution is 2.49. The average molecular weight is 783 g/mol. The third-order valence-electron chi connectivity index (χ3n) is 5.53. The molecule has 304 valence electrons. The van der Waals surface area contributed by atoms with E-state index in [0.29, 0.717) is 12.8 Å². The lowest BCUT2D eigenvalue weighted by atomic mass is 10.1. The van der Waals surface area contributed by atoms with Crippen LogP contribution in [0.1, 0.15) is 114 Å². The zero-order valence-electron chi connectivity index (χ0n) is 32.6. The van der Waals surface area contributed by atoms with Gasteiger partial charge in [0.2, 0.25) is 13.6 Å². The topological polar surface area (TPSA) is 220 Å². The van der Waals surface area contributed by atoms with E-state index in [2.05, 4.69) is 26.1 Å². The van der Waals surface area contributed by atoms with Crippen molar-refractivity contribution in [3.63, 3.8) is 0 Å². The third kappa shape index (κ3) is 29.7. The van der Waals surface area contributed by atoms with Gasteiger partial charge in [-0.2, -0.15) is 0 Å². The molecular formula is C32H64ClN2O15P. The average Bonchev–Trinajstić information content (AvgIpc) is 3.49. The number of carbonyl (C=O) groups excluding carboxylic acids is 2. The Morgan fingerprint density at radius 1 is 0.863 bits per heavy atom. The molecule has 3 N–H and O–H groups in total. The van der Waals surface area contributed by atoms with Gasteiger partial charge >= 0.3 is 25.8 Å². The van der Waals surface area contributed by atoms with Gasteiger partial charge in [0.1, 0.15) is 0 Å². The fourth-order valence-corrected chi connectivity index (χ4v) is 4.40. The quantitative estimate of drug-likeness (QED) is 0.0715. The van der Waals surface area contributed by atoms with Crippen LogP contribution in [0.3, 0.4) is 0 Å². The summed E-state index contributed by atoms with van der Waals surface area (Å²) in [5.41, 5.74) is -1.15. The molecule has 1 aliphatic rings. The standard InChI is InChI=1S/C20H33N2O13P.C5H10O2.3C2H6.CH3Cl/c1-13(2)34-19(25)29-11-32-36(27,33-12-30-20(26)35-14(3)4)31-10-16(28-6)9-15(5)22-8-7-17(23)21-18(22)24;6-5(7)3-1-2-4-5;4*1-2/h7-8,13-16H,9-12H2,1-6H3,(H,21,23,24);6-7H,1-4H2;3*1-2H3;1H3/t15-,16?;;;;;/m0...../s1. The van der Waals surface area contributed by atoms with E-state index >= 15 is 0 Å². The molecule has 2 atom stereocenters. The van der Waals surface area contributed by atoms with Crippen molar-refractivity contribution in [1.29, 1.82) is 0 Å². The second-order valence-corrected chi connectivity index (χ2v) is 11.7. The highest BCUT2D eigenvalue weighted by atomic mass is 35.5. The number of phosphoric acid groups is 1. The number of rotatable bonds is 15. The molecule has 1 aromatic rings. The van der Waals surface area contributed by atoms with Gasteiger partial charge in [0, 0.05) is 44.6 Å². The molecular weight excluding hydrogens is 719 g/mol. The molecule has 0 saturated heterocycles. The minimum absolute atomic E-state index is 0.191. The van der Waals surface area contributed by atoms with Gasteiger partial charge in [-0.15, -0.1) is 11.6 Å². The highest BCUT2D eigenvalue weighted by Gasteiger charge is 2.31. The Hall–Kier alpha value is -2.50. The number of aliphatic hydroxyl groups is 2. The normalized spacial score (nSPS) is 13.8. The predicted molar refractivity (Wildman–Crippen MR) is 194 cm³/mol. The summed E-state index contributed by atoms with van der Waals surface area (Å²) in [6, 6.07) is 0.744. The van der Waals surface area contributed by atoms with Crippen molar-refractivity contribution in [2.75, 3.05) is 33.7 Å². The number of carbonyl (C=O) groups is 2. The van der Waals surface area contributed by atoms with Crippen LogP contribution in [0.15, 0.2) is 21.9 Å². The van der Waals surface area contributed by atoms with Gasteiger partial charge in [0.15, 0.2) is 5.79 Å². The number of alkyl halides is 1. The molecule has 0 amide bonds. The van der Waals surface area contributed by atoms with Gasteiger partial charge in [0.25, 0.3) is 5.56 Å². The van der Waals surface area contributed by atoms with Crippen molar-refractivity contribution in [3.8, 4) is 0 Å². The molecule has 17 nitrogen and oxygen atoms in total. The number of nitrogens with one attached hydrogen (secondary N) is 1. The van der Waals surface area contributed by atoms with E-state index in [-0.39, 0.29) is 13.0 Å². The first-order valence-electron chi connectivity index (χ1n) is 16.9. The fraction of sp³-hybridized carbons (Fsp3) is 0.812. The zero-order chi connectivity index (χ0) is 40.6. The van der Waals surface area contributed by atoms with Crippen molar-refractivity contribution in [2.24, 2.45) is 0 Å². The summed E-state index contributed by atoms with van der Waals surface area (Å²) in [4.78, 5) is 48.4. The number of H-pyrrole nitrogens is 1. The Kier molecular flexibility index (Phi) is 36.1. The number of phosphoric ester groups is 1. The molecule has 0 radical (unpaired) electrons. The highest BCUT2D eigenvalue weighted by molar-refractivity contribution is 7.48. The van der Waals surface area contributed by atoms with Crippen molar-refractivity contribution >= 4 is 31.7 Å². The fourth-order valence-electron chi connectivity index (χ4n) is 3.46. The largest absolute Gasteiger partial charge is 0.510 e. The summed E-state index contributed by atoms with van der Waals surface area (Å²) in [6.07, 6.45) is 2.24. The number of hydrogen-bond acceptors (Lipinski definition) is 15. The molecule has 1 unspecified atom stereocenters. The predicted octanol–water partition coefficient (Wildman–Crippen LogP) is 6.87. The van der Waals surface area contributed by atoms with Gasteiger partial charge in [-0.05, 0) is 53.9 Å². The second-order valence-electron chi connectivity index (χ2n) is 10.0. The molecule has 1 aliphatic carbocycles. The lowest BCUT2D eigenvalue weighted by Crippen LogP contribution is -2.33. The summed E-state index contributed by atoms with van der Waals surface area (Å²) in [6.45, 7) is 18.0. The lowest BCUT2D eigenvalue weighted by Gasteiger charge is -2.23. The maximum Gasteiger partial charge on any atom is 0.510 e. The van der Waals surface area contributed by atoms with E-state index in [1.165, 1.54) is 30.3 Å². The van der Waals surface area contributed by atoms with Crippen LogP contribution in [-0.2, 0) is 41.8 Å². The Morgan fingerprint density at radius 2 is 1.29 bits per heavy atom. The zero-order valence-corrected chi connectivity index (χ0v) is 34.2. The molecule has 2 rings (SSSR count). The van der Waals surface area contributed by atoms with Crippen LogP contribution in [-0.4, -0.2) is 89.9 Å². The van der Waals surface area contributed by atoms with Gasteiger partial charge in [-0.1, -0.05) is 41.5 Å². The van der Waals surface area contributed by atoms with Gasteiger partial charge in [-0.3, -0.25) is 18.9 Å². The molecule has 1 fully saturated rings. The Balaban J connectivity index is -0.000000621. The summed E-state index contributed by atoms with van der Waals surface area (Å²) in [7, 11) is -3.10. The summed E-state index contributed by atoms with van der Waals surface area (Å²) in [5, 5.41) is 17.5. The van der Waals surface area contributed by atoms with Crippen LogP contribution in [0.25, 0.3) is 0 Å². The first kappa shape index (κ1) is 55.3. The number of hydrogen-bond donors (Lipinski definition) is 3. The van der Waals surface area contributed by atoms with Crippen LogP contribution in [0.4, 0.5) is 9.59 Å². The second kappa shape index (κ2) is 33.3. The lowest BCUT2D eigenvalue weighted by molar-refractivity contribution is -0.152. The first-order chi connectivity index (χ1) is 24.1. The number of aromatic amines is 1. The number of nitrogens with zero attached hydrogens (tertiary/aromatic N) is 1. The van der Waals surface area contributed by atoms with Crippen molar-refractivity contribution in [2.45, 2.75) is 138 Å². The smallest absolute Gasteiger partial charge is 0.432 e. The number of halogens is 1. The van der Waals surface area contributed by atoms with Crippen LogP contribution in [0, 0.1) is 0 Å². The van der Waals surface area contributed by atoms with Gasteiger partial charge < -0.3 is 33.9 Å². The minimum Gasteiger partial charge on any atom is -0.432 e. The van der Waals surface area contributed by atoms with E-state index in [9.17, 15) is 23.7 Å². The monoisotopic (exact) mass is 782 g/mol. The van der Waals surface area contributed by atoms with Crippen LogP contribution < -0.4 is 11.2 Å². The van der Waals surface area contributed by atoms with Gasteiger partial charge in [0.05, 0.1) is 24.9 Å². The Morgan fingerprint density at radius 3 is 1.63 bits per heavy atom. The summed E-state index contributed by atoms with van der Waals surface area (Å²) >= 11 is 4.64. The van der Waals surface area contributed by atoms with Crippen molar-refractivity contribution in [3.05, 3.63) is 33.1 Å². The summed E-state index contributed by atoms with van der Waals surface area (Å²) in [5.74, 6) is -1.31. The molecule has 0 aliphatic heterocycles. The molecule has 0 bridgehead atoms. The van der Waals surface area contributed by atoms with Crippen LogP contribution >= 0.6 is 19.4 Å². The maximum absolute atomic E-state index is 13.0. The molecule has 51 heavy (non-hydrogen) atoms. The van der Waals surface area contributed by atoms with E-state index < -0.39 is 75.1 Å². The van der Waals surface area contributed by atoms with E-state index in [0.717, 1.165) is 12.8 Å². The molecule has 19 heteroatoms. The number of ether oxygens (including phenoxy) is 5. The number of methoxy groups -OCH3 is 1. The molecule has 0 aromatic carbocycles. The first-order valence-corrected chi connectivity index (χ1v) is 19.1. The molecule has 1 heterocycles. The van der Waals surface area contributed by atoms with E-state index in [1.807, 2.05) is 41.5 Å². The molecule has 1 aromatic heterocycles. The van der Waals surface area contributed by atoms with E-state index in [4.69, 9.17) is 38.0 Å². The van der Waals surface area contributed by atoms with Gasteiger partial charge in [-0.25, -0.2) is 28.0 Å². The Bertz CT molecular complexity index is 1120. The van der Waals surface area contributed by atoms with Crippen molar-refractivity contribution in [1.82, 2.24) is 9.55 Å². The third-order valence-corrected chi connectivity index (χ3v) is 6.83. The van der Waals surface area contributed by atoms with E-state index in [1.54, 1.807) is 34.6 Å². The minimum atomic E-state index is -4.46. The Labute approximate surface area is 307 Å².